The van der Waals surface area contributed by atoms with E-state index in [1.165, 1.54) is 12.1 Å². The third kappa shape index (κ3) is 6.75. The molecule has 0 bridgehead atoms. The van der Waals surface area contributed by atoms with Crippen LogP contribution in [0.2, 0.25) is 0 Å². The highest BCUT2D eigenvalue weighted by Crippen LogP contribution is 2.31. The van der Waals surface area contributed by atoms with Crippen LogP contribution in [0.1, 0.15) is 25.8 Å². The summed E-state index contributed by atoms with van der Waals surface area (Å²) >= 11 is 5.67. The quantitative estimate of drug-likeness (QED) is 0.411. The average Bonchev–Trinajstić information content (AvgIpc) is 3.00. The molecule has 216 valence electrons. The second-order valence-electron chi connectivity index (χ2n) is 11.4. The molecule has 3 aliphatic rings. The Kier molecular flexibility index (Phi) is 8.27. The number of para-hydroxylation sites is 1. The summed E-state index contributed by atoms with van der Waals surface area (Å²) in [4.78, 5) is 17.1. The third-order valence-electron chi connectivity index (χ3n) is 7.90. The monoisotopic (exact) mass is 573 g/mol. The number of hydrogen-bond donors (Lipinski definition) is 2. The van der Waals surface area contributed by atoms with Gasteiger partial charge in [-0.2, -0.15) is 9.97 Å². The summed E-state index contributed by atoms with van der Waals surface area (Å²) in [6.45, 7) is 12.0. The largest absolute Gasteiger partial charge is 0.486 e. The van der Waals surface area contributed by atoms with Crippen LogP contribution in [0.4, 0.5) is 23.3 Å². The number of anilines is 4. The van der Waals surface area contributed by atoms with Gasteiger partial charge >= 0.3 is 0 Å². The maximum atomic E-state index is 5.72. The highest BCUT2D eigenvalue weighted by molar-refractivity contribution is 7.80. The fourth-order valence-electron chi connectivity index (χ4n) is 6.01. The van der Waals surface area contributed by atoms with E-state index < -0.39 is 0 Å². The number of nitrogens with zero attached hydrogens (tertiary/aromatic N) is 5. The number of hydrogen-bond acceptors (Lipinski definition) is 8. The molecule has 2 atom stereocenters. The van der Waals surface area contributed by atoms with Gasteiger partial charge in [0.05, 0.1) is 0 Å². The number of ether oxygens (including phenoxy) is 2. The van der Waals surface area contributed by atoms with Crippen LogP contribution in [0.25, 0.3) is 0 Å². The molecular weight excluding hydrogens is 534 g/mol. The zero-order valence-electron chi connectivity index (χ0n) is 23.9. The Hall–Kier alpha value is -3.79. The normalized spacial score (nSPS) is 20.5. The first-order valence-corrected chi connectivity index (χ1v) is 15.0. The number of piperidine rings is 1. The molecule has 0 aliphatic carbocycles. The van der Waals surface area contributed by atoms with Crippen LogP contribution in [-0.4, -0.2) is 67.6 Å². The summed E-state index contributed by atoms with van der Waals surface area (Å²) in [5.41, 5.74) is 2.32. The van der Waals surface area contributed by atoms with Gasteiger partial charge in [0.25, 0.3) is 0 Å². The van der Waals surface area contributed by atoms with Crippen molar-refractivity contribution in [2.24, 2.45) is 11.8 Å². The van der Waals surface area contributed by atoms with Crippen LogP contribution in [0, 0.1) is 11.8 Å². The topological polar surface area (TPSA) is 78.0 Å². The number of benzene rings is 2. The van der Waals surface area contributed by atoms with E-state index in [0.717, 1.165) is 68.0 Å². The van der Waals surface area contributed by atoms with E-state index in [0.29, 0.717) is 42.7 Å². The molecule has 2 aromatic carbocycles. The van der Waals surface area contributed by atoms with Crippen molar-refractivity contribution in [2.45, 2.75) is 26.8 Å². The lowest BCUT2D eigenvalue weighted by Gasteiger charge is -2.38. The SMILES string of the molecule is C[C@@H]1C[C@H](C)CN(c2cc(N3CCN(c4ccccc4)CC3)nc(NC(=S)NCc3ccc4c(c3)OCCO4)n2)C1. The molecule has 2 N–H and O–H groups in total. The fraction of sp³-hybridized carbons (Fsp3) is 0.452. The summed E-state index contributed by atoms with van der Waals surface area (Å²) in [6, 6.07) is 18.7. The van der Waals surface area contributed by atoms with Gasteiger partial charge in [-0.25, -0.2) is 0 Å². The van der Waals surface area contributed by atoms with Crippen molar-refractivity contribution in [3.8, 4) is 11.5 Å². The van der Waals surface area contributed by atoms with E-state index in [-0.39, 0.29) is 0 Å². The molecule has 2 fully saturated rings. The Morgan fingerprint density at radius 2 is 1.49 bits per heavy atom. The number of thiocarbonyl (C=S) groups is 1. The van der Waals surface area contributed by atoms with Crippen LogP contribution in [0.15, 0.2) is 54.6 Å². The van der Waals surface area contributed by atoms with E-state index in [4.69, 9.17) is 31.7 Å². The number of rotatable bonds is 6. The van der Waals surface area contributed by atoms with E-state index >= 15 is 0 Å². The summed E-state index contributed by atoms with van der Waals surface area (Å²) < 4.78 is 11.4. The minimum absolute atomic E-state index is 0.484. The van der Waals surface area contributed by atoms with Crippen molar-refractivity contribution in [1.82, 2.24) is 15.3 Å². The predicted octanol–water partition coefficient (Wildman–Crippen LogP) is 4.54. The van der Waals surface area contributed by atoms with Crippen LogP contribution in [-0.2, 0) is 6.54 Å². The summed E-state index contributed by atoms with van der Waals surface area (Å²) in [7, 11) is 0. The highest BCUT2D eigenvalue weighted by atomic mass is 32.1. The van der Waals surface area contributed by atoms with Gasteiger partial charge in [0.15, 0.2) is 16.6 Å². The zero-order valence-corrected chi connectivity index (χ0v) is 24.7. The number of fused-ring (bicyclic) bond motifs is 1. The van der Waals surface area contributed by atoms with Crippen molar-refractivity contribution in [3.63, 3.8) is 0 Å². The predicted molar refractivity (Wildman–Crippen MR) is 169 cm³/mol. The summed E-state index contributed by atoms with van der Waals surface area (Å²) in [6.07, 6.45) is 1.24. The number of aromatic nitrogens is 2. The van der Waals surface area contributed by atoms with Gasteiger partial charge in [-0.1, -0.05) is 38.1 Å². The van der Waals surface area contributed by atoms with Crippen LogP contribution >= 0.6 is 12.2 Å². The lowest BCUT2D eigenvalue weighted by atomic mass is 9.92. The molecule has 1 aromatic heterocycles. The van der Waals surface area contributed by atoms with Gasteiger partial charge < -0.3 is 34.8 Å². The van der Waals surface area contributed by atoms with Crippen molar-refractivity contribution >= 4 is 40.6 Å². The molecule has 2 saturated heterocycles. The second kappa shape index (κ2) is 12.4. The minimum Gasteiger partial charge on any atom is -0.486 e. The lowest BCUT2D eigenvalue weighted by Crippen LogP contribution is -2.47. The van der Waals surface area contributed by atoms with Crippen LogP contribution in [0.5, 0.6) is 11.5 Å². The Balaban J connectivity index is 1.16. The maximum Gasteiger partial charge on any atom is 0.232 e. The molecular formula is C31H39N7O2S. The number of nitrogens with one attached hydrogen (secondary N) is 2. The van der Waals surface area contributed by atoms with Crippen molar-refractivity contribution in [3.05, 3.63) is 60.2 Å². The molecule has 4 heterocycles. The molecule has 6 rings (SSSR count). The molecule has 0 saturated carbocycles. The molecule has 41 heavy (non-hydrogen) atoms. The molecule has 0 spiro atoms. The van der Waals surface area contributed by atoms with Crippen LogP contribution < -0.4 is 34.8 Å². The molecule has 0 unspecified atom stereocenters. The maximum absolute atomic E-state index is 5.72. The fourth-order valence-corrected chi connectivity index (χ4v) is 6.17. The van der Waals surface area contributed by atoms with Gasteiger partial charge in [0.2, 0.25) is 5.95 Å². The smallest absolute Gasteiger partial charge is 0.232 e. The lowest BCUT2D eigenvalue weighted by molar-refractivity contribution is 0.171. The zero-order chi connectivity index (χ0) is 28.2. The first kappa shape index (κ1) is 27.4. The van der Waals surface area contributed by atoms with Crippen molar-refractivity contribution in [1.29, 1.82) is 0 Å². The van der Waals surface area contributed by atoms with Gasteiger partial charge in [0.1, 0.15) is 24.8 Å². The van der Waals surface area contributed by atoms with E-state index in [1.807, 2.05) is 18.2 Å². The van der Waals surface area contributed by atoms with Gasteiger partial charge in [-0.15, -0.1) is 0 Å². The van der Waals surface area contributed by atoms with Gasteiger partial charge in [-0.05, 0) is 60.3 Å². The van der Waals surface area contributed by atoms with Crippen molar-refractivity contribution in [2.75, 3.05) is 72.5 Å². The van der Waals surface area contributed by atoms with Gasteiger partial charge in [0, 0.05) is 57.6 Å². The summed E-state index contributed by atoms with van der Waals surface area (Å²) in [5, 5.41) is 7.05. The van der Waals surface area contributed by atoms with Gasteiger partial charge in [-0.3, -0.25) is 0 Å². The molecule has 10 heteroatoms. The molecule has 0 amide bonds. The number of piperazine rings is 1. The third-order valence-corrected chi connectivity index (χ3v) is 8.15. The minimum atomic E-state index is 0.484. The Morgan fingerprint density at radius 1 is 0.829 bits per heavy atom. The molecule has 0 radical (unpaired) electrons. The Labute approximate surface area is 247 Å². The Bertz CT molecular complexity index is 1340. The Morgan fingerprint density at radius 3 is 2.22 bits per heavy atom. The van der Waals surface area contributed by atoms with E-state index in [9.17, 15) is 0 Å². The first-order chi connectivity index (χ1) is 20.0. The highest BCUT2D eigenvalue weighted by Gasteiger charge is 2.26. The van der Waals surface area contributed by atoms with Crippen LogP contribution in [0.3, 0.4) is 0 Å². The standard InChI is InChI=1S/C31H39N7O2S/c1-22-16-23(2)21-38(20-22)29-18-28(37-12-10-36(11-13-37)25-6-4-3-5-7-25)33-30(34-29)35-31(41)32-19-24-8-9-26-27(17-24)40-15-14-39-26/h3-9,17-18,22-23H,10-16,19-21H2,1-2H3,(H2,32,33,34,35,41)/t22-,23+. The first-order valence-electron chi connectivity index (χ1n) is 14.6. The molecule has 9 nitrogen and oxygen atoms in total. The van der Waals surface area contributed by atoms with E-state index in [1.54, 1.807) is 0 Å². The molecule has 3 aromatic rings. The van der Waals surface area contributed by atoms with Crippen molar-refractivity contribution < 1.29 is 9.47 Å². The second-order valence-corrected chi connectivity index (χ2v) is 11.8. The average molecular weight is 574 g/mol. The summed E-state index contributed by atoms with van der Waals surface area (Å²) in [5.74, 6) is 5.21. The van der Waals surface area contributed by atoms with E-state index in [2.05, 4.69) is 75.6 Å². The molecule has 3 aliphatic heterocycles.